The Morgan fingerprint density at radius 2 is 2.38 bits per heavy atom. The predicted molar refractivity (Wildman–Crippen MR) is 65.3 cm³/mol. The molecule has 3 nitrogen and oxygen atoms in total. The van der Waals surface area contributed by atoms with Gasteiger partial charge < -0.3 is 4.74 Å². The molecule has 16 heavy (non-hydrogen) atoms. The normalized spacial score (nSPS) is 21.7. The van der Waals surface area contributed by atoms with Crippen LogP contribution in [0.1, 0.15) is 38.5 Å². The zero-order valence-corrected chi connectivity index (χ0v) is 10.3. The number of unbranched alkanes of at least 4 members (excludes halogenated alkanes) is 1. The van der Waals surface area contributed by atoms with Crippen LogP contribution in [0.15, 0.2) is 12.7 Å². The molecule has 1 aliphatic heterocycles. The monoisotopic (exact) mass is 225 g/mol. The first-order valence-electron chi connectivity index (χ1n) is 6.19. The summed E-state index contributed by atoms with van der Waals surface area (Å²) in [5.41, 5.74) is 0. The summed E-state index contributed by atoms with van der Waals surface area (Å²) >= 11 is 0. The number of likely N-dealkylation sites (tertiary alicyclic amines) is 1. The van der Waals surface area contributed by atoms with Crippen LogP contribution in [-0.4, -0.2) is 37.1 Å². The van der Waals surface area contributed by atoms with Gasteiger partial charge in [0.1, 0.15) is 0 Å². The van der Waals surface area contributed by atoms with Crippen molar-refractivity contribution in [1.29, 1.82) is 0 Å². The Bertz CT molecular complexity index is 228. The molecule has 0 bridgehead atoms. The minimum atomic E-state index is -0.0828. The Kier molecular flexibility index (Phi) is 6.16. The maximum Gasteiger partial charge on any atom is 0.307 e. The van der Waals surface area contributed by atoms with Gasteiger partial charge in [-0.1, -0.05) is 12.5 Å². The summed E-state index contributed by atoms with van der Waals surface area (Å²) in [7, 11) is 1.47. The molecule has 0 N–H and O–H groups in total. The second-order valence-electron chi connectivity index (χ2n) is 4.40. The van der Waals surface area contributed by atoms with Gasteiger partial charge in [0, 0.05) is 6.04 Å². The van der Waals surface area contributed by atoms with Crippen molar-refractivity contribution < 1.29 is 9.53 Å². The number of nitrogens with zero attached hydrogens (tertiary/aromatic N) is 1. The van der Waals surface area contributed by atoms with Gasteiger partial charge in [-0.2, -0.15) is 0 Å². The van der Waals surface area contributed by atoms with Crippen LogP contribution in [0.2, 0.25) is 0 Å². The topological polar surface area (TPSA) is 29.5 Å². The lowest BCUT2D eigenvalue weighted by Gasteiger charge is -2.35. The van der Waals surface area contributed by atoms with E-state index < -0.39 is 0 Å². The SMILES string of the molecule is C=CCCCN1CCCCC1CC(=O)OC. The average Bonchev–Trinajstić information content (AvgIpc) is 2.31. The molecule has 1 atom stereocenters. The number of carbonyl (C=O) groups is 1. The first-order chi connectivity index (χ1) is 7.77. The molecule has 0 saturated carbocycles. The summed E-state index contributed by atoms with van der Waals surface area (Å²) in [6.45, 7) is 5.93. The van der Waals surface area contributed by atoms with Crippen molar-refractivity contribution >= 4 is 5.97 Å². The maximum atomic E-state index is 11.3. The lowest BCUT2D eigenvalue weighted by Crippen LogP contribution is -2.41. The molecule has 92 valence electrons. The number of hydrogen-bond acceptors (Lipinski definition) is 3. The van der Waals surface area contributed by atoms with E-state index in [0.717, 1.165) is 32.4 Å². The average molecular weight is 225 g/mol. The molecule has 3 heteroatoms. The van der Waals surface area contributed by atoms with Crippen molar-refractivity contribution in [2.75, 3.05) is 20.2 Å². The van der Waals surface area contributed by atoms with Crippen molar-refractivity contribution in [3.05, 3.63) is 12.7 Å². The Morgan fingerprint density at radius 1 is 1.56 bits per heavy atom. The van der Waals surface area contributed by atoms with Gasteiger partial charge in [0.25, 0.3) is 0 Å². The van der Waals surface area contributed by atoms with E-state index in [1.807, 2.05) is 6.08 Å². The smallest absolute Gasteiger partial charge is 0.307 e. The highest BCUT2D eigenvalue weighted by Crippen LogP contribution is 2.20. The molecular formula is C13H23NO2. The van der Waals surface area contributed by atoms with E-state index in [1.165, 1.54) is 20.0 Å². The number of methoxy groups -OCH3 is 1. The van der Waals surface area contributed by atoms with Crippen molar-refractivity contribution in [2.24, 2.45) is 0 Å². The van der Waals surface area contributed by atoms with Gasteiger partial charge >= 0.3 is 5.97 Å². The maximum absolute atomic E-state index is 11.3. The van der Waals surface area contributed by atoms with Crippen LogP contribution in [0.25, 0.3) is 0 Å². The molecule has 0 aromatic heterocycles. The lowest BCUT2D eigenvalue weighted by atomic mass is 9.99. The van der Waals surface area contributed by atoms with Crippen molar-refractivity contribution in [3.8, 4) is 0 Å². The molecule has 1 saturated heterocycles. The predicted octanol–water partition coefficient (Wildman–Crippen LogP) is 2.37. The van der Waals surface area contributed by atoms with E-state index in [2.05, 4.69) is 11.5 Å². The van der Waals surface area contributed by atoms with Crippen molar-refractivity contribution in [1.82, 2.24) is 4.90 Å². The Morgan fingerprint density at radius 3 is 3.06 bits per heavy atom. The fourth-order valence-corrected chi connectivity index (χ4v) is 2.30. The van der Waals surface area contributed by atoms with E-state index >= 15 is 0 Å². The first-order valence-corrected chi connectivity index (χ1v) is 6.19. The molecule has 1 rings (SSSR count). The zero-order valence-electron chi connectivity index (χ0n) is 10.3. The minimum Gasteiger partial charge on any atom is -0.469 e. The van der Waals surface area contributed by atoms with Crippen LogP contribution in [0.5, 0.6) is 0 Å². The number of ether oxygens (including phenoxy) is 1. The Balaban J connectivity index is 2.37. The highest BCUT2D eigenvalue weighted by molar-refractivity contribution is 5.69. The first kappa shape index (κ1) is 13.2. The number of hydrogen-bond donors (Lipinski definition) is 0. The van der Waals surface area contributed by atoms with Gasteiger partial charge in [-0.05, 0) is 38.8 Å². The molecule has 0 radical (unpaired) electrons. The molecule has 1 unspecified atom stereocenters. The van der Waals surface area contributed by atoms with Crippen LogP contribution < -0.4 is 0 Å². The second kappa shape index (κ2) is 7.44. The Hall–Kier alpha value is -0.830. The molecule has 0 spiro atoms. The summed E-state index contributed by atoms with van der Waals surface area (Å²) in [5, 5.41) is 0. The molecule has 1 heterocycles. The van der Waals surface area contributed by atoms with E-state index in [4.69, 9.17) is 4.74 Å². The molecule has 0 aromatic rings. The van der Waals surface area contributed by atoms with Crippen LogP contribution in [0, 0.1) is 0 Å². The molecule has 0 amide bonds. The van der Waals surface area contributed by atoms with Crippen LogP contribution >= 0.6 is 0 Å². The number of esters is 1. The second-order valence-corrected chi connectivity index (χ2v) is 4.40. The molecule has 0 aliphatic carbocycles. The van der Waals surface area contributed by atoms with Gasteiger partial charge in [-0.3, -0.25) is 9.69 Å². The highest BCUT2D eigenvalue weighted by atomic mass is 16.5. The van der Waals surface area contributed by atoms with Crippen LogP contribution in [-0.2, 0) is 9.53 Å². The minimum absolute atomic E-state index is 0.0828. The number of rotatable bonds is 6. The highest BCUT2D eigenvalue weighted by Gasteiger charge is 2.24. The fraction of sp³-hybridized carbons (Fsp3) is 0.769. The summed E-state index contributed by atoms with van der Waals surface area (Å²) in [6.07, 6.45) is 8.32. The fourth-order valence-electron chi connectivity index (χ4n) is 2.30. The van der Waals surface area contributed by atoms with Crippen LogP contribution in [0.4, 0.5) is 0 Å². The molecule has 1 fully saturated rings. The third kappa shape index (κ3) is 4.35. The molecule has 0 aromatic carbocycles. The lowest BCUT2D eigenvalue weighted by molar-refractivity contribution is -0.142. The number of carbonyl (C=O) groups excluding carboxylic acids is 1. The summed E-state index contributed by atoms with van der Waals surface area (Å²) in [4.78, 5) is 13.7. The number of piperidine rings is 1. The standard InChI is InChI=1S/C13H23NO2/c1-3-4-6-9-14-10-7-5-8-12(14)11-13(15)16-2/h3,12H,1,4-11H2,2H3. The summed E-state index contributed by atoms with van der Waals surface area (Å²) < 4.78 is 4.75. The largest absolute Gasteiger partial charge is 0.469 e. The van der Waals surface area contributed by atoms with Crippen molar-refractivity contribution in [3.63, 3.8) is 0 Å². The van der Waals surface area contributed by atoms with Gasteiger partial charge in [0.15, 0.2) is 0 Å². The van der Waals surface area contributed by atoms with Gasteiger partial charge in [-0.15, -0.1) is 6.58 Å². The van der Waals surface area contributed by atoms with Crippen LogP contribution in [0.3, 0.4) is 0 Å². The van der Waals surface area contributed by atoms with E-state index in [-0.39, 0.29) is 5.97 Å². The van der Waals surface area contributed by atoms with E-state index in [0.29, 0.717) is 12.5 Å². The molecule has 1 aliphatic rings. The van der Waals surface area contributed by atoms with Gasteiger partial charge in [-0.25, -0.2) is 0 Å². The number of allylic oxidation sites excluding steroid dienone is 1. The zero-order chi connectivity index (χ0) is 11.8. The van der Waals surface area contributed by atoms with Gasteiger partial charge in [0.05, 0.1) is 13.5 Å². The molecular weight excluding hydrogens is 202 g/mol. The quantitative estimate of drug-likeness (QED) is 0.395. The van der Waals surface area contributed by atoms with E-state index in [9.17, 15) is 4.79 Å². The Labute approximate surface area is 98.5 Å². The van der Waals surface area contributed by atoms with Gasteiger partial charge in [0.2, 0.25) is 0 Å². The summed E-state index contributed by atoms with van der Waals surface area (Å²) in [5.74, 6) is -0.0828. The van der Waals surface area contributed by atoms with Crippen molar-refractivity contribution in [2.45, 2.75) is 44.6 Å². The third-order valence-electron chi connectivity index (χ3n) is 3.23. The third-order valence-corrected chi connectivity index (χ3v) is 3.23. The summed E-state index contributed by atoms with van der Waals surface area (Å²) in [6, 6.07) is 0.394. The van der Waals surface area contributed by atoms with E-state index in [1.54, 1.807) is 0 Å².